The Bertz CT molecular complexity index is 230. The van der Waals surface area contributed by atoms with Crippen molar-refractivity contribution in [3.63, 3.8) is 0 Å². The molecule has 0 aliphatic heterocycles. The van der Waals surface area contributed by atoms with Crippen molar-refractivity contribution in [2.45, 2.75) is 70.9 Å². The van der Waals surface area contributed by atoms with Crippen LogP contribution in [0.5, 0.6) is 0 Å². The van der Waals surface area contributed by atoms with E-state index in [0.29, 0.717) is 5.41 Å². The number of hydrogen-bond acceptors (Lipinski definition) is 2. The Morgan fingerprint density at radius 3 is 2.06 bits per heavy atom. The van der Waals surface area contributed by atoms with Crippen LogP contribution in [0.25, 0.3) is 0 Å². The van der Waals surface area contributed by atoms with E-state index in [4.69, 9.17) is 5.73 Å². The molecule has 94 valence electrons. The van der Waals surface area contributed by atoms with E-state index in [1.807, 2.05) is 0 Å². The first-order valence-electron chi connectivity index (χ1n) is 6.93. The average molecular weight is 224 g/mol. The molecular formula is C14H28N2. The van der Waals surface area contributed by atoms with Gasteiger partial charge < -0.3 is 11.1 Å². The van der Waals surface area contributed by atoms with Crippen LogP contribution in [0, 0.1) is 11.3 Å². The SMILES string of the molecule is CC(C)(C)C1CCC(CN)(NC2CC2)CC1. The molecule has 2 nitrogen and oxygen atoms in total. The summed E-state index contributed by atoms with van der Waals surface area (Å²) in [6.07, 6.45) is 7.99. The van der Waals surface area contributed by atoms with Crippen LogP contribution in [0.2, 0.25) is 0 Å². The highest BCUT2D eigenvalue weighted by atomic mass is 15.1. The molecule has 0 heterocycles. The second kappa shape index (κ2) is 4.30. The van der Waals surface area contributed by atoms with Crippen LogP contribution in [0.15, 0.2) is 0 Å². The van der Waals surface area contributed by atoms with Gasteiger partial charge in [0.05, 0.1) is 0 Å². The predicted molar refractivity (Wildman–Crippen MR) is 69.4 cm³/mol. The summed E-state index contributed by atoms with van der Waals surface area (Å²) >= 11 is 0. The van der Waals surface area contributed by atoms with Crippen LogP contribution in [0.4, 0.5) is 0 Å². The number of hydrogen-bond donors (Lipinski definition) is 2. The predicted octanol–water partition coefficient (Wildman–Crippen LogP) is 2.67. The van der Waals surface area contributed by atoms with Gasteiger partial charge in [0, 0.05) is 18.1 Å². The second-order valence-electron chi connectivity index (χ2n) is 7.04. The quantitative estimate of drug-likeness (QED) is 0.773. The summed E-state index contributed by atoms with van der Waals surface area (Å²) < 4.78 is 0. The standard InChI is InChI=1S/C14H28N2/c1-13(2,3)11-6-8-14(10-15,9-7-11)16-12-4-5-12/h11-12,16H,4-10,15H2,1-3H3. The summed E-state index contributed by atoms with van der Waals surface area (Å²) in [6.45, 7) is 7.95. The maximum absolute atomic E-state index is 6.01. The van der Waals surface area contributed by atoms with E-state index in [1.54, 1.807) is 0 Å². The van der Waals surface area contributed by atoms with Gasteiger partial charge in [-0.05, 0) is 49.9 Å². The van der Waals surface area contributed by atoms with Crippen molar-refractivity contribution in [1.29, 1.82) is 0 Å². The van der Waals surface area contributed by atoms with Crippen LogP contribution < -0.4 is 11.1 Å². The molecule has 0 bridgehead atoms. The number of rotatable bonds is 3. The zero-order valence-electron chi connectivity index (χ0n) is 11.2. The van der Waals surface area contributed by atoms with Crippen LogP contribution in [-0.2, 0) is 0 Å². The molecule has 2 aliphatic carbocycles. The van der Waals surface area contributed by atoms with Gasteiger partial charge in [-0.25, -0.2) is 0 Å². The Labute approximate surface area is 100 Å². The van der Waals surface area contributed by atoms with E-state index in [0.717, 1.165) is 18.5 Å². The van der Waals surface area contributed by atoms with E-state index in [2.05, 4.69) is 26.1 Å². The summed E-state index contributed by atoms with van der Waals surface area (Å²) in [5, 5.41) is 3.80. The molecule has 0 amide bonds. The van der Waals surface area contributed by atoms with Crippen molar-refractivity contribution < 1.29 is 0 Å². The second-order valence-corrected chi connectivity index (χ2v) is 7.04. The van der Waals surface area contributed by atoms with Gasteiger partial charge in [-0.2, -0.15) is 0 Å². The smallest absolute Gasteiger partial charge is 0.0306 e. The van der Waals surface area contributed by atoms with Crippen molar-refractivity contribution in [2.75, 3.05) is 6.54 Å². The molecule has 0 unspecified atom stereocenters. The Kier molecular flexibility index (Phi) is 3.33. The van der Waals surface area contributed by atoms with Gasteiger partial charge in [0.15, 0.2) is 0 Å². The van der Waals surface area contributed by atoms with Gasteiger partial charge in [0.1, 0.15) is 0 Å². The lowest BCUT2D eigenvalue weighted by Gasteiger charge is -2.44. The molecule has 2 saturated carbocycles. The fraction of sp³-hybridized carbons (Fsp3) is 1.00. The number of nitrogens with two attached hydrogens (primary N) is 1. The van der Waals surface area contributed by atoms with Gasteiger partial charge in [-0.1, -0.05) is 20.8 Å². The van der Waals surface area contributed by atoms with E-state index in [1.165, 1.54) is 38.5 Å². The topological polar surface area (TPSA) is 38.0 Å². The van der Waals surface area contributed by atoms with Gasteiger partial charge in [0.2, 0.25) is 0 Å². The Balaban J connectivity index is 1.90. The fourth-order valence-electron chi connectivity index (χ4n) is 3.10. The zero-order valence-corrected chi connectivity index (χ0v) is 11.2. The minimum atomic E-state index is 0.281. The van der Waals surface area contributed by atoms with Crippen LogP contribution in [0.3, 0.4) is 0 Å². The van der Waals surface area contributed by atoms with Crippen molar-refractivity contribution in [3.05, 3.63) is 0 Å². The van der Waals surface area contributed by atoms with Crippen LogP contribution in [-0.4, -0.2) is 18.1 Å². The minimum absolute atomic E-state index is 0.281. The zero-order chi connectivity index (χ0) is 11.8. The highest BCUT2D eigenvalue weighted by molar-refractivity contribution is 5.00. The molecule has 0 spiro atoms. The average Bonchev–Trinajstić information content (AvgIpc) is 3.01. The maximum atomic E-state index is 6.01. The third-order valence-corrected chi connectivity index (χ3v) is 4.65. The van der Waals surface area contributed by atoms with E-state index >= 15 is 0 Å². The first-order chi connectivity index (χ1) is 7.45. The largest absolute Gasteiger partial charge is 0.329 e. The molecule has 3 N–H and O–H groups in total. The fourth-order valence-corrected chi connectivity index (χ4v) is 3.10. The molecule has 0 aromatic rings. The van der Waals surface area contributed by atoms with Crippen LogP contribution in [0.1, 0.15) is 59.3 Å². The van der Waals surface area contributed by atoms with Crippen molar-refractivity contribution in [1.82, 2.24) is 5.32 Å². The molecule has 2 rings (SSSR count). The normalized spacial score (nSPS) is 36.4. The maximum Gasteiger partial charge on any atom is 0.0306 e. The third-order valence-electron chi connectivity index (χ3n) is 4.65. The van der Waals surface area contributed by atoms with Gasteiger partial charge in [0.25, 0.3) is 0 Å². The monoisotopic (exact) mass is 224 g/mol. The van der Waals surface area contributed by atoms with Crippen molar-refractivity contribution in [3.8, 4) is 0 Å². The molecule has 2 fully saturated rings. The first kappa shape index (κ1) is 12.4. The highest BCUT2D eigenvalue weighted by Crippen LogP contribution is 2.42. The molecule has 2 heteroatoms. The lowest BCUT2D eigenvalue weighted by Crippen LogP contribution is -2.54. The van der Waals surface area contributed by atoms with Gasteiger partial charge >= 0.3 is 0 Å². The van der Waals surface area contributed by atoms with Crippen LogP contribution >= 0.6 is 0 Å². The van der Waals surface area contributed by atoms with E-state index < -0.39 is 0 Å². The van der Waals surface area contributed by atoms with E-state index in [-0.39, 0.29) is 5.54 Å². The summed E-state index contributed by atoms with van der Waals surface area (Å²) in [5.41, 5.74) is 6.76. The lowest BCUT2D eigenvalue weighted by atomic mass is 9.67. The van der Waals surface area contributed by atoms with Crippen molar-refractivity contribution in [2.24, 2.45) is 17.1 Å². The molecule has 0 aromatic carbocycles. The summed E-state index contributed by atoms with van der Waals surface area (Å²) in [5.74, 6) is 0.883. The summed E-state index contributed by atoms with van der Waals surface area (Å²) in [4.78, 5) is 0. The Morgan fingerprint density at radius 2 is 1.69 bits per heavy atom. The van der Waals surface area contributed by atoms with Crippen molar-refractivity contribution >= 4 is 0 Å². The third kappa shape index (κ3) is 2.78. The lowest BCUT2D eigenvalue weighted by molar-refractivity contribution is 0.116. The highest BCUT2D eigenvalue weighted by Gasteiger charge is 2.40. The Morgan fingerprint density at radius 1 is 1.12 bits per heavy atom. The molecule has 16 heavy (non-hydrogen) atoms. The van der Waals surface area contributed by atoms with Gasteiger partial charge in [-0.3, -0.25) is 0 Å². The number of nitrogens with one attached hydrogen (secondary N) is 1. The first-order valence-corrected chi connectivity index (χ1v) is 6.93. The van der Waals surface area contributed by atoms with Gasteiger partial charge in [-0.15, -0.1) is 0 Å². The molecule has 0 radical (unpaired) electrons. The molecule has 0 saturated heterocycles. The van der Waals surface area contributed by atoms with E-state index in [9.17, 15) is 0 Å². The summed E-state index contributed by atoms with van der Waals surface area (Å²) in [7, 11) is 0. The molecule has 0 aromatic heterocycles. The molecule has 0 atom stereocenters. The molecular weight excluding hydrogens is 196 g/mol. The Hall–Kier alpha value is -0.0800. The molecule has 2 aliphatic rings. The summed E-state index contributed by atoms with van der Waals surface area (Å²) in [6, 6.07) is 0.787. The minimum Gasteiger partial charge on any atom is -0.329 e.